The molecule has 3 aromatic carbocycles. The average molecular weight is 501 g/mol. The zero-order valence-corrected chi connectivity index (χ0v) is 20.4. The number of aromatic amines is 1. The third-order valence-corrected chi connectivity index (χ3v) is 5.63. The highest BCUT2D eigenvalue weighted by molar-refractivity contribution is 6.05. The van der Waals surface area contributed by atoms with Crippen LogP contribution < -0.4 is 10.3 Å². The number of esters is 1. The van der Waals surface area contributed by atoms with Crippen molar-refractivity contribution < 1.29 is 19.2 Å². The van der Waals surface area contributed by atoms with Gasteiger partial charge in [-0.15, -0.1) is 0 Å². The van der Waals surface area contributed by atoms with Crippen LogP contribution in [0.5, 0.6) is 5.75 Å². The third kappa shape index (κ3) is 5.32. The Kier molecular flexibility index (Phi) is 7.28. The molecule has 10 heteroatoms. The second-order valence-corrected chi connectivity index (χ2v) is 7.97. The average Bonchev–Trinajstić information content (AvgIpc) is 3.26. The van der Waals surface area contributed by atoms with E-state index in [1.165, 1.54) is 28.9 Å². The van der Waals surface area contributed by atoms with Crippen LogP contribution >= 0.6 is 0 Å². The van der Waals surface area contributed by atoms with Crippen molar-refractivity contribution in [3.05, 3.63) is 104 Å². The van der Waals surface area contributed by atoms with Crippen LogP contribution in [0.3, 0.4) is 0 Å². The molecule has 0 atom stereocenters. The fourth-order valence-corrected chi connectivity index (χ4v) is 3.78. The van der Waals surface area contributed by atoms with E-state index in [-0.39, 0.29) is 17.9 Å². The first-order valence-electron chi connectivity index (χ1n) is 11.4. The van der Waals surface area contributed by atoms with Crippen LogP contribution in [-0.2, 0) is 4.74 Å². The molecule has 0 spiro atoms. The molecule has 0 bridgehead atoms. The Morgan fingerprint density at radius 2 is 1.68 bits per heavy atom. The fourth-order valence-electron chi connectivity index (χ4n) is 3.78. The SMILES string of the molecule is CCOC(=O)c1ccc(N=C(C)c2c(-c3ccc(OC)cc3)[nH]n(-c3ccc([N+](=O)[O-])cc3)c2=O)cc1. The maximum atomic E-state index is 13.6. The van der Waals surface area contributed by atoms with Gasteiger partial charge in [-0.25, -0.2) is 9.48 Å². The number of hydrogen-bond acceptors (Lipinski definition) is 7. The van der Waals surface area contributed by atoms with Gasteiger partial charge in [0.2, 0.25) is 0 Å². The molecule has 0 saturated heterocycles. The van der Waals surface area contributed by atoms with Crippen molar-refractivity contribution in [3.63, 3.8) is 0 Å². The number of hydrogen-bond donors (Lipinski definition) is 1. The quantitative estimate of drug-likeness (QED) is 0.156. The van der Waals surface area contributed by atoms with Gasteiger partial charge >= 0.3 is 5.97 Å². The van der Waals surface area contributed by atoms with Gasteiger partial charge in [-0.1, -0.05) is 0 Å². The molecule has 4 aromatic rings. The number of non-ortho nitro benzene ring substituents is 1. The number of nitrogens with zero attached hydrogens (tertiary/aromatic N) is 3. The highest BCUT2D eigenvalue weighted by Crippen LogP contribution is 2.26. The van der Waals surface area contributed by atoms with Crippen molar-refractivity contribution >= 4 is 23.1 Å². The minimum absolute atomic E-state index is 0.0806. The third-order valence-electron chi connectivity index (χ3n) is 5.63. The van der Waals surface area contributed by atoms with Gasteiger partial charge in [0, 0.05) is 17.7 Å². The highest BCUT2D eigenvalue weighted by Gasteiger charge is 2.20. The van der Waals surface area contributed by atoms with Crippen LogP contribution in [0.15, 0.2) is 82.6 Å². The molecule has 0 aliphatic heterocycles. The molecule has 10 nitrogen and oxygen atoms in total. The van der Waals surface area contributed by atoms with Crippen LogP contribution in [-0.4, -0.2) is 40.1 Å². The molecule has 0 aliphatic carbocycles. The molecule has 0 radical (unpaired) electrons. The molecule has 0 saturated carbocycles. The molecule has 0 amide bonds. The zero-order valence-electron chi connectivity index (χ0n) is 20.4. The number of aliphatic imine (C=N–C) groups is 1. The lowest BCUT2D eigenvalue weighted by molar-refractivity contribution is -0.384. The van der Waals surface area contributed by atoms with E-state index < -0.39 is 10.9 Å². The number of rotatable bonds is 8. The first kappa shape index (κ1) is 25.1. The largest absolute Gasteiger partial charge is 0.497 e. The molecule has 1 N–H and O–H groups in total. The summed E-state index contributed by atoms with van der Waals surface area (Å²) in [6, 6.07) is 19.4. The summed E-state index contributed by atoms with van der Waals surface area (Å²) in [4.78, 5) is 40.7. The zero-order chi connectivity index (χ0) is 26.5. The number of methoxy groups -OCH3 is 1. The Hall–Kier alpha value is -4.99. The number of nitro benzene ring substituents is 1. The van der Waals surface area contributed by atoms with Crippen LogP contribution in [0.1, 0.15) is 29.8 Å². The monoisotopic (exact) mass is 500 g/mol. The van der Waals surface area contributed by atoms with E-state index in [0.717, 1.165) is 5.56 Å². The van der Waals surface area contributed by atoms with Crippen molar-refractivity contribution in [2.75, 3.05) is 13.7 Å². The van der Waals surface area contributed by atoms with Gasteiger partial charge in [0.25, 0.3) is 11.2 Å². The number of H-pyrrole nitrogens is 1. The normalized spacial score (nSPS) is 11.3. The highest BCUT2D eigenvalue weighted by atomic mass is 16.6. The first-order valence-corrected chi connectivity index (χ1v) is 11.4. The van der Waals surface area contributed by atoms with E-state index in [1.807, 2.05) is 12.1 Å². The number of carbonyl (C=O) groups is 1. The van der Waals surface area contributed by atoms with Crippen LogP contribution in [0.25, 0.3) is 16.9 Å². The van der Waals surface area contributed by atoms with Crippen LogP contribution in [0.4, 0.5) is 11.4 Å². The van der Waals surface area contributed by atoms with E-state index in [4.69, 9.17) is 9.47 Å². The van der Waals surface area contributed by atoms with Gasteiger partial charge in [0.05, 0.1) is 52.5 Å². The summed E-state index contributed by atoms with van der Waals surface area (Å²) < 4.78 is 11.6. The number of carbonyl (C=O) groups excluding carboxylic acids is 1. The van der Waals surface area contributed by atoms with E-state index >= 15 is 0 Å². The molecule has 0 unspecified atom stereocenters. The molecule has 0 aliphatic rings. The molecule has 0 fully saturated rings. The summed E-state index contributed by atoms with van der Waals surface area (Å²) in [5, 5.41) is 14.2. The van der Waals surface area contributed by atoms with Crippen molar-refractivity contribution in [2.24, 2.45) is 4.99 Å². The van der Waals surface area contributed by atoms with Crippen LogP contribution in [0, 0.1) is 10.1 Å². The summed E-state index contributed by atoms with van der Waals surface area (Å²) in [7, 11) is 1.57. The second kappa shape index (κ2) is 10.7. The Labute approximate surface area is 211 Å². The van der Waals surface area contributed by atoms with Crippen molar-refractivity contribution in [1.82, 2.24) is 9.78 Å². The van der Waals surface area contributed by atoms with Gasteiger partial charge in [-0.2, -0.15) is 0 Å². The number of benzene rings is 3. The van der Waals surface area contributed by atoms with Gasteiger partial charge in [0.15, 0.2) is 0 Å². The molecule has 188 valence electrons. The molecule has 4 rings (SSSR count). The lowest BCUT2D eigenvalue weighted by Gasteiger charge is -2.05. The molecular formula is C27H24N4O6. The standard InChI is InChI=1S/C27H24N4O6/c1-4-37-27(33)19-5-9-20(10-6-19)28-17(2)24-25(18-7-15-23(36-3)16-8-18)29-30(26(24)32)21-11-13-22(14-12-21)31(34)35/h5-16,29H,4H2,1-3H3. The van der Waals surface area contributed by atoms with Crippen molar-refractivity contribution in [1.29, 1.82) is 0 Å². The Balaban J connectivity index is 1.80. The van der Waals surface area contributed by atoms with E-state index in [9.17, 15) is 19.7 Å². The minimum Gasteiger partial charge on any atom is -0.497 e. The number of ether oxygens (including phenoxy) is 2. The second-order valence-electron chi connectivity index (χ2n) is 7.97. The lowest BCUT2D eigenvalue weighted by Crippen LogP contribution is -2.19. The first-order chi connectivity index (χ1) is 17.8. The van der Waals surface area contributed by atoms with E-state index in [0.29, 0.717) is 39.7 Å². The smallest absolute Gasteiger partial charge is 0.338 e. The van der Waals surface area contributed by atoms with Gasteiger partial charge < -0.3 is 9.47 Å². The van der Waals surface area contributed by atoms with Crippen molar-refractivity contribution in [2.45, 2.75) is 13.8 Å². The number of aromatic nitrogens is 2. The summed E-state index contributed by atoms with van der Waals surface area (Å²) in [6.07, 6.45) is 0. The van der Waals surface area contributed by atoms with Gasteiger partial charge in [-0.05, 0) is 74.5 Å². The number of nitrogens with one attached hydrogen (secondary N) is 1. The summed E-state index contributed by atoms with van der Waals surface area (Å²) in [5.41, 5.74) is 2.95. The summed E-state index contributed by atoms with van der Waals surface area (Å²) in [6.45, 7) is 3.73. The van der Waals surface area contributed by atoms with Gasteiger partial charge in [-0.3, -0.25) is 25.0 Å². The molecular weight excluding hydrogens is 476 g/mol. The minimum atomic E-state index is -0.500. The molecule has 1 heterocycles. The number of nitro groups is 1. The maximum absolute atomic E-state index is 13.6. The van der Waals surface area contributed by atoms with E-state index in [2.05, 4.69) is 10.1 Å². The predicted molar refractivity (Wildman–Crippen MR) is 139 cm³/mol. The molecule has 1 aromatic heterocycles. The van der Waals surface area contributed by atoms with Crippen molar-refractivity contribution in [3.8, 4) is 22.7 Å². The summed E-state index contributed by atoms with van der Waals surface area (Å²) in [5.74, 6) is 0.239. The van der Waals surface area contributed by atoms with Gasteiger partial charge in [0.1, 0.15) is 5.75 Å². The Bertz CT molecular complexity index is 1520. The van der Waals surface area contributed by atoms with Crippen LogP contribution in [0.2, 0.25) is 0 Å². The Morgan fingerprint density at radius 3 is 2.24 bits per heavy atom. The topological polar surface area (TPSA) is 129 Å². The summed E-state index contributed by atoms with van der Waals surface area (Å²) >= 11 is 0. The predicted octanol–water partition coefficient (Wildman–Crippen LogP) is 5.07. The lowest BCUT2D eigenvalue weighted by atomic mass is 10.0. The maximum Gasteiger partial charge on any atom is 0.338 e. The molecule has 37 heavy (non-hydrogen) atoms. The fraction of sp³-hybridized carbons (Fsp3) is 0.148. The Morgan fingerprint density at radius 1 is 1.03 bits per heavy atom. The van der Waals surface area contributed by atoms with E-state index in [1.54, 1.807) is 57.4 Å².